The number of carbonyl (C=O) groups is 2. The molecule has 0 bridgehead atoms. The minimum atomic E-state index is -2.00. The Morgan fingerprint density at radius 2 is 1.63 bits per heavy atom. The monoisotopic (exact) mass is 730 g/mol. The van der Waals surface area contributed by atoms with Crippen molar-refractivity contribution in [2.24, 2.45) is 5.73 Å². The highest BCUT2D eigenvalue weighted by atomic mass is 31.2. The Balaban J connectivity index is 1.60. The fourth-order valence-corrected chi connectivity index (χ4v) is 6.31. The number of nitriles is 1. The van der Waals surface area contributed by atoms with Crippen molar-refractivity contribution in [3.63, 3.8) is 0 Å². The van der Waals surface area contributed by atoms with Gasteiger partial charge < -0.3 is 49.7 Å². The quantitative estimate of drug-likeness (QED) is 0.0450. The van der Waals surface area contributed by atoms with Gasteiger partial charge in [0.15, 0.2) is 11.9 Å². The second kappa shape index (κ2) is 24.3. The molecule has 0 aliphatic rings. The molecule has 1 aromatic carbocycles. The van der Waals surface area contributed by atoms with Crippen LogP contribution in [-0.4, -0.2) is 72.3 Å². The molecule has 0 spiro atoms. The van der Waals surface area contributed by atoms with Crippen molar-refractivity contribution >= 4 is 54.5 Å². The lowest BCUT2D eigenvalue weighted by Gasteiger charge is -2.21. The number of rotatable bonds is 27. The smallest absolute Gasteiger partial charge is 0.407 e. The number of fused-ring (bicyclic) bond motifs is 3. The van der Waals surface area contributed by atoms with Crippen molar-refractivity contribution in [1.29, 1.82) is 5.26 Å². The van der Waals surface area contributed by atoms with E-state index in [-0.39, 0.29) is 32.8 Å². The van der Waals surface area contributed by atoms with Crippen LogP contribution in [0.4, 0.5) is 21.4 Å². The molecule has 2 aromatic heterocycles. The summed E-state index contributed by atoms with van der Waals surface area (Å²) in [6.07, 6.45) is 9.93. The molecule has 282 valence electrons. The molecule has 0 saturated carbocycles. The number of hydrogen-bond donors (Lipinski definition) is 4. The van der Waals surface area contributed by atoms with Gasteiger partial charge in [0.2, 0.25) is 5.95 Å². The predicted molar refractivity (Wildman–Crippen MR) is 199 cm³/mol. The Labute approximate surface area is 302 Å². The summed E-state index contributed by atoms with van der Waals surface area (Å²) >= 11 is 0. The number of ether oxygens (including phenoxy) is 2. The summed E-state index contributed by atoms with van der Waals surface area (Å²) in [5, 5.41) is 16.1. The third-order valence-electron chi connectivity index (χ3n) is 7.95. The number of aromatic nitrogens is 3. The van der Waals surface area contributed by atoms with Gasteiger partial charge in [0.1, 0.15) is 12.1 Å². The Bertz CT molecular complexity index is 1520. The van der Waals surface area contributed by atoms with Crippen LogP contribution in [0.15, 0.2) is 24.3 Å². The van der Waals surface area contributed by atoms with Crippen molar-refractivity contribution in [3.05, 3.63) is 24.3 Å². The Morgan fingerprint density at radius 3 is 2.35 bits per heavy atom. The summed E-state index contributed by atoms with van der Waals surface area (Å²) in [5.74, 6) is 0.960. The van der Waals surface area contributed by atoms with Crippen LogP contribution in [0, 0.1) is 11.3 Å². The standard InChI is InChI=1S/C35H55N8O7P/c1-3-5-7-8-9-10-11-12-15-21-40-35(45)50-27(25-46-33(38)44)26-49-51(47-23-16-19-36)48-24-22-43-31-28-17-13-14-18-29(28)41-32(37)30(31)42-34(43)39-20-6-4-2/h13-14,17-18,27H,3-12,15-16,20-26H2,1-2H3,(H2,37,41)(H2,38,44)(H,39,42)(H,40,45)/t27-,51?/m1/s1. The maximum absolute atomic E-state index is 12.6. The van der Waals surface area contributed by atoms with Crippen LogP contribution in [-0.2, 0) is 29.6 Å². The third kappa shape index (κ3) is 15.0. The van der Waals surface area contributed by atoms with Gasteiger partial charge >= 0.3 is 20.8 Å². The minimum absolute atomic E-state index is 0.0649. The van der Waals surface area contributed by atoms with E-state index in [0.29, 0.717) is 30.4 Å². The molecule has 3 aromatic rings. The SMILES string of the molecule is CCCCCCCCCCCNC(=O)O[C@H](COC(N)=O)COP(OCCC#N)OCCn1c(NCCCC)nc2c(N)nc3ccccc3c21. The van der Waals surface area contributed by atoms with Crippen molar-refractivity contribution in [2.45, 2.75) is 104 Å². The van der Waals surface area contributed by atoms with Gasteiger partial charge in [0.05, 0.1) is 49.9 Å². The van der Waals surface area contributed by atoms with Crippen LogP contribution in [0.3, 0.4) is 0 Å². The van der Waals surface area contributed by atoms with E-state index in [1.807, 2.05) is 34.9 Å². The second-order valence-electron chi connectivity index (χ2n) is 12.1. The number of imidazole rings is 1. The second-order valence-corrected chi connectivity index (χ2v) is 13.3. The number of nitrogen functional groups attached to an aromatic ring is 1. The first kappa shape index (κ1) is 41.5. The van der Waals surface area contributed by atoms with Gasteiger partial charge in [-0.25, -0.2) is 19.6 Å². The first-order valence-electron chi connectivity index (χ1n) is 18.1. The minimum Gasteiger partial charge on any atom is -0.446 e. The van der Waals surface area contributed by atoms with Crippen LogP contribution in [0.5, 0.6) is 0 Å². The molecule has 2 amide bonds. The third-order valence-corrected chi connectivity index (χ3v) is 9.09. The van der Waals surface area contributed by atoms with Gasteiger partial charge in [0.25, 0.3) is 0 Å². The van der Waals surface area contributed by atoms with E-state index in [9.17, 15) is 9.59 Å². The van der Waals surface area contributed by atoms with Crippen molar-refractivity contribution in [1.82, 2.24) is 19.9 Å². The van der Waals surface area contributed by atoms with Gasteiger partial charge in [-0.15, -0.1) is 0 Å². The van der Waals surface area contributed by atoms with Gasteiger partial charge in [-0.05, 0) is 18.9 Å². The maximum Gasteiger partial charge on any atom is 0.407 e. The zero-order valence-corrected chi connectivity index (χ0v) is 31.0. The first-order valence-corrected chi connectivity index (χ1v) is 19.2. The van der Waals surface area contributed by atoms with Crippen molar-refractivity contribution in [3.8, 4) is 6.07 Å². The molecular weight excluding hydrogens is 675 g/mol. The number of nitrogens with zero attached hydrogens (tertiary/aromatic N) is 4. The molecule has 2 atom stereocenters. The average Bonchev–Trinajstić information content (AvgIpc) is 3.49. The number of nitrogens with two attached hydrogens (primary N) is 2. The number of anilines is 2. The first-order chi connectivity index (χ1) is 24.9. The lowest BCUT2D eigenvalue weighted by molar-refractivity contribution is 0.0152. The molecule has 3 rings (SSSR count). The summed E-state index contributed by atoms with van der Waals surface area (Å²) in [5.41, 5.74) is 13.7. The number of alkyl carbamates (subject to hydrolysis) is 1. The molecule has 0 saturated heterocycles. The van der Waals surface area contributed by atoms with Crippen LogP contribution in [0.25, 0.3) is 21.9 Å². The fourth-order valence-electron chi connectivity index (χ4n) is 5.33. The number of unbranched alkanes of at least 4 members (excludes halogenated alkanes) is 9. The van der Waals surface area contributed by atoms with Crippen molar-refractivity contribution < 1.29 is 32.6 Å². The number of benzene rings is 1. The van der Waals surface area contributed by atoms with E-state index in [0.717, 1.165) is 55.1 Å². The molecule has 0 aliphatic carbocycles. The summed E-state index contributed by atoms with van der Waals surface area (Å²) in [6, 6.07) is 9.75. The average molecular weight is 731 g/mol. The van der Waals surface area contributed by atoms with E-state index in [2.05, 4.69) is 29.5 Å². The number of nitrogens with one attached hydrogen (secondary N) is 2. The summed E-state index contributed by atoms with van der Waals surface area (Å²) in [6.45, 7) is 5.55. The number of pyridine rings is 1. The van der Waals surface area contributed by atoms with Crippen LogP contribution in [0.2, 0.25) is 0 Å². The number of carbonyl (C=O) groups excluding carboxylic acids is 2. The molecular formula is C35H55N8O7P. The molecule has 0 aliphatic heterocycles. The lowest BCUT2D eigenvalue weighted by atomic mass is 10.1. The van der Waals surface area contributed by atoms with Gasteiger partial charge in [-0.1, -0.05) is 89.8 Å². The van der Waals surface area contributed by atoms with Crippen LogP contribution in [0.1, 0.15) is 90.9 Å². The topological polar surface area (TPSA) is 211 Å². The molecule has 0 radical (unpaired) electrons. The van der Waals surface area contributed by atoms with E-state index >= 15 is 0 Å². The van der Waals surface area contributed by atoms with E-state index in [1.54, 1.807) is 0 Å². The largest absolute Gasteiger partial charge is 0.446 e. The normalized spacial score (nSPS) is 12.4. The van der Waals surface area contributed by atoms with E-state index < -0.39 is 26.9 Å². The lowest BCUT2D eigenvalue weighted by Crippen LogP contribution is -2.35. The van der Waals surface area contributed by atoms with Gasteiger partial charge in [-0.3, -0.25) is 0 Å². The Kier molecular flexibility index (Phi) is 19.7. The summed E-state index contributed by atoms with van der Waals surface area (Å²) < 4.78 is 30.1. The predicted octanol–water partition coefficient (Wildman–Crippen LogP) is 7.29. The highest BCUT2D eigenvalue weighted by Gasteiger charge is 2.23. The van der Waals surface area contributed by atoms with Crippen LogP contribution >= 0.6 is 8.60 Å². The molecule has 16 heteroatoms. The highest BCUT2D eigenvalue weighted by Crippen LogP contribution is 2.40. The van der Waals surface area contributed by atoms with E-state index in [1.165, 1.54) is 38.5 Å². The molecule has 0 fully saturated rings. The molecule has 1 unspecified atom stereocenters. The fraction of sp³-hybridized carbons (Fsp3) is 0.629. The molecule has 15 nitrogen and oxygen atoms in total. The molecule has 2 heterocycles. The van der Waals surface area contributed by atoms with Gasteiger partial charge in [-0.2, -0.15) is 5.26 Å². The number of hydrogen-bond acceptors (Lipinski definition) is 12. The molecule has 51 heavy (non-hydrogen) atoms. The summed E-state index contributed by atoms with van der Waals surface area (Å²) in [7, 11) is -2.00. The highest BCUT2D eigenvalue weighted by molar-refractivity contribution is 7.41. The molecule has 6 N–H and O–H groups in total. The van der Waals surface area contributed by atoms with Crippen molar-refractivity contribution in [2.75, 3.05) is 50.6 Å². The maximum atomic E-state index is 12.6. The zero-order valence-electron chi connectivity index (χ0n) is 30.1. The van der Waals surface area contributed by atoms with Crippen LogP contribution < -0.4 is 22.1 Å². The Hall–Kier alpha value is -3.96. The Morgan fingerprint density at radius 1 is 0.922 bits per heavy atom. The van der Waals surface area contributed by atoms with E-state index in [4.69, 9.17) is 44.8 Å². The number of primary amides is 1. The number of para-hydroxylation sites is 1. The summed E-state index contributed by atoms with van der Waals surface area (Å²) in [4.78, 5) is 33.2. The van der Waals surface area contributed by atoms with Gasteiger partial charge in [0, 0.05) is 18.5 Å². The zero-order chi connectivity index (χ0) is 36.7. The number of amides is 2.